The molecule has 0 amide bonds. The Hall–Kier alpha value is -2.89. The second-order valence-electron chi connectivity index (χ2n) is 7.08. The van der Waals surface area contributed by atoms with Crippen LogP contribution in [0, 0.1) is 0 Å². The minimum absolute atomic E-state index is 0.198. The van der Waals surface area contributed by atoms with Crippen molar-refractivity contribution in [1.29, 1.82) is 0 Å². The first-order valence-electron chi connectivity index (χ1n) is 9.43. The second kappa shape index (κ2) is 9.95. The SMILES string of the molecule is CN(Cc1ccc(/N=N/c2ccc(S(=O)(=O)O)cc2)cc1)Cc1ccccc1B(O)O. The fraction of sp³-hybridized carbons (Fsp3) is 0.143. The Morgan fingerprint density at radius 1 is 0.839 bits per heavy atom. The van der Waals surface area contributed by atoms with Crippen molar-refractivity contribution in [3.8, 4) is 0 Å². The zero-order valence-corrected chi connectivity index (χ0v) is 17.6. The van der Waals surface area contributed by atoms with Crippen LogP contribution in [0.4, 0.5) is 11.4 Å². The molecule has 0 saturated heterocycles. The van der Waals surface area contributed by atoms with Crippen molar-refractivity contribution < 1.29 is 23.0 Å². The largest absolute Gasteiger partial charge is 0.488 e. The number of benzene rings is 3. The summed E-state index contributed by atoms with van der Waals surface area (Å²) in [6.45, 7) is 1.22. The Bertz CT molecular complexity index is 1150. The van der Waals surface area contributed by atoms with Gasteiger partial charge in [-0.2, -0.15) is 18.6 Å². The summed E-state index contributed by atoms with van der Waals surface area (Å²) in [6.07, 6.45) is 0. The van der Waals surface area contributed by atoms with Crippen LogP contribution in [-0.2, 0) is 23.2 Å². The molecule has 3 rings (SSSR count). The first-order chi connectivity index (χ1) is 14.7. The average molecular weight is 439 g/mol. The Morgan fingerprint density at radius 3 is 1.94 bits per heavy atom. The molecule has 31 heavy (non-hydrogen) atoms. The predicted molar refractivity (Wildman–Crippen MR) is 118 cm³/mol. The van der Waals surface area contributed by atoms with Crippen molar-refractivity contribution in [3.05, 3.63) is 83.9 Å². The lowest BCUT2D eigenvalue weighted by Crippen LogP contribution is -2.34. The van der Waals surface area contributed by atoms with Gasteiger partial charge in [0.15, 0.2) is 0 Å². The summed E-state index contributed by atoms with van der Waals surface area (Å²) in [6, 6.07) is 20.1. The highest BCUT2D eigenvalue weighted by molar-refractivity contribution is 7.85. The molecule has 10 heteroatoms. The number of rotatable bonds is 8. The van der Waals surface area contributed by atoms with Gasteiger partial charge in [0.2, 0.25) is 0 Å². The fourth-order valence-corrected chi connectivity index (χ4v) is 3.54. The average Bonchev–Trinajstić information content (AvgIpc) is 2.73. The molecule has 3 aromatic rings. The van der Waals surface area contributed by atoms with Crippen molar-refractivity contribution in [1.82, 2.24) is 4.90 Å². The van der Waals surface area contributed by atoms with E-state index in [1.165, 1.54) is 24.3 Å². The highest BCUT2D eigenvalue weighted by Gasteiger charge is 2.16. The van der Waals surface area contributed by atoms with Crippen LogP contribution < -0.4 is 5.46 Å². The summed E-state index contributed by atoms with van der Waals surface area (Å²) in [4.78, 5) is 1.87. The van der Waals surface area contributed by atoms with Gasteiger partial charge in [-0.15, -0.1) is 0 Å². The van der Waals surface area contributed by atoms with E-state index in [1.807, 2.05) is 43.4 Å². The third-order valence-electron chi connectivity index (χ3n) is 4.58. The summed E-state index contributed by atoms with van der Waals surface area (Å²) in [5, 5.41) is 27.2. The molecule has 0 radical (unpaired) electrons. The van der Waals surface area contributed by atoms with Gasteiger partial charge >= 0.3 is 7.12 Å². The smallest absolute Gasteiger partial charge is 0.423 e. The number of nitrogens with zero attached hydrogens (tertiary/aromatic N) is 3. The first kappa shape index (κ1) is 22.8. The van der Waals surface area contributed by atoms with E-state index in [-0.39, 0.29) is 4.90 Å². The normalized spacial score (nSPS) is 11.9. The molecule has 3 aromatic carbocycles. The van der Waals surface area contributed by atoms with Gasteiger partial charge in [-0.25, -0.2) is 0 Å². The molecule has 0 aliphatic rings. The highest BCUT2D eigenvalue weighted by Crippen LogP contribution is 2.21. The summed E-state index contributed by atoms with van der Waals surface area (Å²) < 4.78 is 31.1. The highest BCUT2D eigenvalue weighted by atomic mass is 32.2. The van der Waals surface area contributed by atoms with Crippen LogP contribution in [-0.4, -0.2) is 42.1 Å². The molecule has 0 aliphatic heterocycles. The molecule has 0 fully saturated rings. The van der Waals surface area contributed by atoms with Crippen LogP contribution in [0.3, 0.4) is 0 Å². The van der Waals surface area contributed by atoms with Crippen molar-refractivity contribution in [2.75, 3.05) is 7.05 Å². The van der Waals surface area contributed by atoms with Gasteiger partial charge in [0.25, 0.3) is 10.1 Å². The van der Waals surface area contributed by atoms with E-state index in [1.54, 1.807) is 12.1 Å². The first-order valence-corrected chi connectivity index (χ1v) is 10.9. The minimum Gasteiger partial charge on any atom is -0.423 e. The van der Waals surface area contributed by atoms with Crippen molar-refractivity contribution in [2.24, 2.45) is 10.2 Å². The van der Waals surface area contributed by atoms with Crippen LogP contribution in [0.15, 0.2) is 87.9 Å². The van der Waals surface area contributed by atoms with E-state index in [2.05, 4.69) is 15.1 Å². The maximum absolute atomic E-state index is 11.1. The Kier molecular flexibility index (Phi) is 7.31. The molecule has 3 N–H and O–H groups in total. The molecular weight excluding hydrogens is 417 g/mol. The summed E-state index contributed by atoms with van der Waals surface area (Å²) in [5.41, 5.74) is 3.50. The fourth-order valence-electron chi connectivity index (χ4n) is 3.06. The second-order valence-corrected chi connectivity index (χ2v) is 8.50. The van der Waals surface area contributed by atoms with Gasteiger partial charge in [0, 0.05) is 13.1 Å². The monoisotopic (exact) mass is 439 g/mol. The topological polar surface area (TPSA) is 123 Å². The summed E-state index contributed by atoms with van der Waals surface area (Å²) >= 11 is 0. The van der Waals surface area contributed by atoms with E-state index in [4.69, 9.17) is 4.55 Å². The molecule has 8 nitrogen and oxygen atoms in total. The number of hydrogen-bond donors (Lipinski definition) is 3. The maximum atomic E-state index is 11.1. The summed E-state index contributed by atoms with van der Waals surface area (Å²) in [7, 11) is -3.78. The molecule has 0 atom stereocenters. The third-order valence-corrected chi connectivity index (χ3v) is 5.45. The molecule has 0 bridgehead atoms. The molecule has 0 aromatic heterocycles. The van der Waals surface area contributed by atoms with Gasteiger partial charge in [0.05, 0.1) is 16.3 Å². The van der Waals surface area contributed by atoms with Gasteiger partial charge in [-0.3, -0.25) is 9.45 Å². The third kappa shape index (κ3) is 6.55. The lowest BCUT2D eigenvalue weighted by molar-refractivity contribution is 0.319. The predicted octanol–water partition coefficient (Wildman–Crippen LogP) is 2.66. The molecule has 0 saturated carbocycles. The Balaban J connectivity index is 1.60. The van der Waals surface area contributed by atoms with Crippen molar-refractivity contribution in [3.63, 3.8) is 0 Å². The Labute approximate surface area is 181 Å². The van der Waals surface area contributed by atoms with Gasteiger partial charge in [-0.05, 0) is 60.0 Å². The summed E-state index contributed by atoms with van der Waals surface area (Å²) in [5.74, 6) is 0. The van der Waals surface area contributed by atoms with Crippen LogP contribution >= 0.6 is 0 Å². The zero-order valence-electron chi connectivity index (χ0n) is 16.8. The quantitative estimate of drug-likeness (QED) is 0.282. The van der Waals surface area contributed by atoms with E-state index in [0.29, 0.717) is 29.9 Å². The number of hydrogen-bond acceptors (Lipinski definition) is 7. The van der Waals surface area contributed by atoms with E-state index in [0.717, 1.165) is 11.1 Å². The molecule has 0 heterocycles. The van der Waals surface area contributed by atoms with Crippen LogP contribution in [0.5, 0.6) is 0 Å². The van der Waals surface area contributed by atoms with Crippen molar-refractivity contribution >= 4 is 34.1 Å². The van der Waals surface area contributed by atoms with Crippen LogP contribution in [0.1, 0.15) is 11.1 Å². The standard InChI is InChI=1S/C21H22BN3O5S/c1-25(15-17-4-2-3-5-21(17)22(26)27)14-16-6-8-18(9-7-16)23-24-19-10-12-20(13-11-19)31(28,29)30/h2-13,26-27H,14-15H2,1H3,(H,28,29,30)/b24-23+. The maximum Gasteiger partial charge on any atom is 0.488 e. The van der Waals surface area contributed by atoms with E-state index in [9.17, 15) is 18.5 Å². The zero-order chi connectivity index (χ0) is 22.4. The van der Waals surface area contributed by atoms with Gasteiger partial charge < -0.3 is 10.0 Å². The molecule has 0 aliphatic carbocycles. The molecule has 0 unspecified atom stereocenters. The molecular formula is C21H22BN3O5S. The molecule has 0 spiro atoms. The van der Waals surface area contributed by atoms with Crippen LogP contribution in [0.25, 0.3) is 0 Å². The minimum atomic E-state index is -4.23. The van der Waals surface area contributed by atoms with Crippen LogP contribution in [0.2, 0.25) is 0 Å². The van der Waals surface area contributed by atoms with Crippen molar-refractivity contribution in [2.45, 2.75) is 18.0 Å². The molecule has 160 valence electrons. The van der Waals surface area contributed by atoms with Gasteiger partial charge in [-0.1, -0.05) is 36.4 Å². The lowest BCUT2D eigenvalue weighted by Gasteiger charge is -2.19. The Morgan fingerprint density at radius 2 is 1.39 bits per heavy atom. The lowest BCUT2D eigenvalue weighted by atomic mass is 9.77. The number of azo groups is 1. The van der Waals surface area contributed by atoms with Gasteiger partial charge in [0.1, 0.15) is 0 Å². The van der Waals surface area contributed by atoms with E-state index < -0.39 is 17.2 Å². The van der Waals surface area contributed by atoms with E-state index >= 15 is 0 Å².